The van der Waals surface area contributed by atoms with Crippen molar-refractivity contribution in [2.75, 3.05) is 6.26 Å². The van der Waals surface area contributed by atoms with E-state index in [0.717, 1.165) is 10.5 Å². The molecule has 136 valence electrons. The maximum absolute atomic E-state index is 13.3. The van der Waals surface area contributed by atoms with Gasteiger partial charge >= 0.3 is 0 Å². The van der Waals surface area contributed by atoms with E-state index in [0.29, 0.717) is 21.5 Å². The van der Waals surface area contributed by atoms with Crippen molar-refractivity contribution in [1.82, 2.24) is 9.55 Å². The Hall–Kier alpha value is -1.47. The van der Waals surface area contributed by atoms with Crippen molar-refractivity contribution < 1.29 is 8.42 Å². The molecule has 1 heterocycles. The summed E-state index contributed by atoms with van der Waals surface area (Å²) in [5, 5.41) is 0.477. The maximum atomic E-state index is 13.3. The molecule has 3 atom stereocenters. The van der Waals surface area contributed by atoms with E-state index in [1.807, 2.05) is 22.9 Å². The molecule has 0 spiro atoms. The van der Waals surface area contributed by atoms with E-state index >= 15 is 0 Å². The zero-order valence-corrected chi connectivity index (χ0v) is 17.0. The SMILES string of the molecule is CS(=O)c1ccc(C(Cn2ccnc2)S(=O)c2ccc(Cl)c(Cl)c2)cc1. The van der Waals surface area contributed by atoms with Crippen LogP contribution in [0, 0.1) is 0 Å². The minimum atomic E-state index is -1.36. The van der Waals surface area contributed by atoms with Crippen LogP contribution in [-0.4, -0.2) is 24.2 Å². The summed E-state index contributed by atoms with van der Waals surface area (Å²) in [4.78, 5) is 5.39. The molecule has 3 unspecified atom stereocenters. The fraction of sp³-hybridized carbons (Fsp3) is 0.167. The van der Waals surface area contributed by atoms with Gasteiger partial charge in [-0.2, -0.15) is 0 Å². The van der Waals surface area contributed by atoms with Crippen molar-refractivity contribution in [3.8, 4) is 0 Å². The van der Waals surface area contributed by atoms with Crippen LogP contribution in [0.1, 0.15) is 10.8 Å². The Balaban J connectivity index is 1.98. The van der Waals surface area contributed by atoms with Crippen molar-refractivity contribution in [1.29, 1.82) is 0 Å². The molecule has 3 rings (SSSR count). The second-order valence-corrected chi connectivity index (χ2v) is 9.47. The minimum absolute atomic E-state index is 0.319. The molecule has 0 aliphatic rings. The molecule has 0 aliphatic carbocycles. The lowest BCUT2D eigenvalue weighted by Crippen LogP contribution is -2.14. The van der Waals surface area contributed by atoms with E-state index in [4.69, 9.17) is 23.2 Å². The highest BCUT2D eigenvalue weighted by Crippen LogP contribution is 2.31. The first-order valence-corrected chi connectivity index (χ1v) is 11.2. The zero-order valence-electron chi connectivity index (χ0n) is 13.8. The molecule has 0 radical (unpaired) electrons. The topological polar surface area (TPSA) is 52.0 Å². The summed E-state index contributed by atoms with van der Waals surface area (Å²) in [6, 6.07) is 12.4. The number of rotatable bonds is 6. The van der Waals surface area contributed by atoms with E-state index in [2.05, 4.69) is 4.98 Å². The molecule has 2 aromatic carbocycles. The van der Waals surface area contributed by atoms with Crippen LogP contribution in [-0.2, 0) is 28.1 Å². The molecule has 3 aromatic rings. The monoisotopic (exact) mass is 426 g/mol. The average Bonchev–Trinajstić information content (AvgIpc) is 3.15. The van der Waals surface area contributed by atoms with Gasteiger partial charge in [0.15, 0.2) is 0 Å². The van der Waals surface area contributed by atoms with E-state index in [1.54, 1.807) is 49.1 Å². The largest absolute Gasteiger partial charge is 0.336 e. The fourth-order valence-corrected chi connectivity index (χ4v) is 4.88. The van der Waals surface area contributed by atoms with Crippen LogP contribution in [0.3, 0.4) is 0 Å². The van der Waals surface area contributed by atoms with Crippen LogP contribution < -0.4 is 0 Å². The molecule has 1 aromatic heterocycles. The number of hydrogen-bond acceptors (Lipinski definition) is 3. The van der Waals surface area contributed by atoms with Crippen molar-refractivity contribution in [3.05, 3.63) is 76.8 Å². The van der Waals surface area contributed by atoms with Gasteiger partial charge in [0.25, 0.3) is 0 Å². The lowest BCUT2D eigenvalue weighted by atomic mass is 10.1. The first-order chi connectivity index (χ1) is 12.5. The fourth-order valence-electron chi connectivity index (χ4n) is 2.52. The Kier molecular flexibility index (Phi) is 6.29. The summed E-state index contributed by atoms with van der Waals surface area (Å²) in [6.45, 7) is 0.488. The molecule has 26 heavy (non-hydrogen) atoms. The lowest BCUT2D eigenvalue weighted by molar-refractivity contribution is 0.634. The number of imidazole rings is 1. The van der Waals surface area contributed by atoms with Crippen LogP contribution >= 0.6 is 23.2 Å². The summed E-state index contributed by atoms with van der Waals surface area (Å²) in [6.07, 6.45) is 6.83. The van der Waals surface area contributed by atoms with Gasteiger partial charge in [0.05, 0.1) is 32.4 Å². The van der Waals surface area contributed by atoms with Gasteiger partial charge in [-0.1, -0.05) is 35.3 Å². The molecule has 0 saturated carbocycles. The first kappa shape index (κ1) is 19.3. The Labute approximate surface area is 167 Å². The summed E-state index contributed by atoms with van der Waals surface area (Å²) in [5.74, 6) is 0. The van der Waals surface area contributed by atoms with Crippen LogP contribution in [0.2, 0.25) is 10.0 Å². The van der Waals surface area contributed by atoms with E-state index in [1.165, 1.54) is 0 Å². The van der Waals surface area contributed by atoms with Crippen LogP contribution in [0.4, 0.5) is 0 Å². The third-order valence-corrected chi connectivity index (χ3v) is 7.23. The highest BCUT2D eigenvalue weighted by atomic mass is 35.5. The van der Waals surface area contributed by atoms with Gasteiger partial charge in [-0.05, 0) is 35.9 Å². The highest BCUT2D eigenvalue weighted by molar-refractivity contribution is 7.85. The minimum Gasteiger partial charge on any atom is -0.336 e. The predicted molar refractivity (Wildman–Crippen MR) is 107 cm³/mol. The Bertz CT molecular complexity index is 944. The zero-order chi connectivity index (χ0) is 18.7. The smallest absolute Gasteiger partial charge is 0.0946 e. The summed E-state index contributed by atoms with van der Waals surface area (Å²) >= 11 is 12.1. The van der Waals surface area contributed by atoms with Gasteiger partial charge < -0.3 is 4.57 Å². The number of halogens is 2. The standard InChI is InChI=1S/C18H16Cl2N2O2S2/c1-25(23)14-4-2-13(3-5-14)18(11-22-9-8-21-12-22)26(24)15-6-7-16(19)17(20)10-15/h2-10,12,18H,11H2,1H3. The van der Waals surface area contributed by atoms with Crippen molar-refractivity contribution in [2.45, 2.75) is 21.6 Å². The van der Waals surface area contributed by atoms with Crippen LogP contribution in [0.25, 0.3) is 0 Å². The third-order valence-electron chi connectivity index (χ3n) is 3.90. The Morgan fingerprint density at radius 3 is 2.31 bits per heavy atom. The molecule has 4 nitrogen and oxygen atoms in total. The van der Waals surface area contributed by atoms with Crippen molar-refractivity contribution in [2.24, 2.45) is 0 Å². The van der Waals surface area contributed by atoms with Crippen molar-refractivity contribution in [3.63, 3.8) is 0 Å². The first-order valence-electron chi connectivity index (χ1n) is 7.70. The Morgan fingerprint density at radius 1 is 1.04 bits per heavy atom. The number of benzene rings is 2. The van der Waals surface area contributed by atoms with Gasteiger partial charge in [0, 0.05) is 45.8 Å². The predicted octanol–water partition coefficient (Wildman–Crippen LogP) is 4.48. The second-order valence-electron chi connectivity index (χ2n) is 5.64. The van der Waals surface area contributed by atoms with E-state index in [9.17, 15) is 8.42 Å². The average molecular weight is 427 g/mol. The normalized spacial score (nSPS) is 14.7. The van der Waals surface area contributed by atoms with E-state index in [-0.39, 0.29) is 5.25 Å². The molecule has 0 aliphatic heterocycles. The second kappa shape index (κ2) is 8.48. The molecular weight excluding hydrogens is 411 g/mol. The molecule has 0 saturated heterocycles. The maximum Gasteiger partial charge on any atom is 0.0946 e. The van der Waals surface area contributed by atoms with Gasteiger partial charge in [-0.15, -0.1) is 0 Å². The number of nitrogens with zero attached hydrogens (tertiary/aromatic N) is 2. The molecular formula is C18H16Cl2N2O2S2. The quantitative estimate of drug-likeness (QED) is 0.583. The molecule has 8 heteroatoms. The summed E-state index contributed by atoms with van der Waals surface area (Å²) in [7, 11) is -2.42. The summed E-state index contributed by atoms with van der Waals surface area (Å²) < 4.78 is 26.8. The number of aromatic nitrogens is 2. The van der Waals surface area contributed by atoms with Gasteiger partial charge in [0.2, 0.25) is 0 Å². The van der Waals surface area contributed by atoms with Gasteiger partial charge in [-0.25, -0.2) is 4.98 Å². The number of hydrogen-bond donors (Lipinski definition) is 0. The third kappa shape index (κ3) is 4.43. The molecule has 0 amide bonds. The van der Waals surface area contributed by atoms with Crippen LogP contribution in [0.5, 0.6) is 0 Å². The molecule has 0 bridgehead atoms. The molecule has 0 N–H and O–H groups in total. The van der Waals surface area contributed by atoms with Crippen molar-refractivity contribution >= 4 is 44.8 Å². The van der Waals surface area contributed by atoms with E-state index < -0.39 is 21.6 Å². The van der Waals surface area contributed by atoms with Gasteiger partial charge in [-0.3, -0.25) is 8.42 Å². The lowest BCUT2D eigenvalue weighted by Gasteiger charge is -2.18. The van der Waals surface area contributed by atoms with Crippen LogP contribution in [0.15, 0.2) is 71.0 Å². The highest BCUT2D eigenvalue weighted by Gasteiger charge is 2.22. The summed E-state index contributed by atoms with van der Waals surface area (Å²) in [5.41, 5.74) is 0.886. The molecule has 0 fully saturated rings. The van der Waals surface area contributed by atoms with Gasteiger partial charge in [0.1, 0.15) is 0 Å². The Morgan fingerprint density at radius 2 is 1.73 bits per heavy atom.